The number of anilines is 2. The average Bonchev–Trinajstić information content (AvgIpc) is 2.66. The Morgan fingerprint density at radius 2 is 1.79 bits per heavy atom. The Morgan fingerprint density at radius 1 is 1.07 bits per heavy atom. The van der Waals surface area contributed by atoms with Crippen molar-refractivity contribution in [2.24, 2.45) is 0 Å². The van der Waals surface area contributed by atoms with Gasteiger partial charge in [0, 0.05) is 34.3 Å². The van der Waals surface area contributed by atoms with Crippen LogP contribution in [0.25, 0.3) is 0 Å². The summed E-state index contributed by atoms with van der Waals surface area (Å²) in [5.74, 6) is 2.65. The lowest BCUT2D eigenvalue weighted by atomic mass is 10.2. The van der Waals surface area contributed by atoms with Gasteiger partial charge in [0.15, 0.2) is 11.6 Å². The topological polar surface area (TPSA) is 50.7 Å². The number of aromatic nitrogens is 2. The molecule has 1 aliphatic heterocycles. The van der Waals surface area contributed by atoms with Gasteiger partial charge in [-0.15, -0.1) is 0 Å². The molecule has 1 aromatic carbocycles. The molecule has 0 unspecified atom stereocenters. The van der Waals surface area contributed by atoms with Crippen molar-refractivity contribution in [2.45, 2.75) is 32.2 Å². The van der Waals surface area contributed by atoms with Gasteiger partial charge in [-0.05, 0) is 39.7 Å². The second kappa shape index (κ2) is 9.24. The van der Waals surface area contributed by atoms with Crippen LogP contribution in [0.1, 0.15) is 5.56 Å². The van der Waals surface area contributed by atoms with E-state index in [1.807, 2.05) is 12.1 Å². The minimum Gasteiger partial charge on any atom is -0.497 e. The fourth-order valence-electron chi connectivity index (χ4n) is 3.02. The van der Waals surface area contributed by atoms with Crippen LogP contribution in [0.2, 0.25) is 25.7 Å². The van der Waals surface area contributed by atoms with Gasteiger partial charge in [0.1, 0.15) is 17.1 Å². The lowest BCUT2D eigenvalue weighted by Crippen LogP contribution is -2.43. The normalized spacial score (nSPS) is 14.2. The molecule has 0 radical (unpaired) electrons. The summed E-state index contributed by atoms with van der Waals surface area (Å²) in [5.41, 5.74) is 1.22. The molecule has 1 aromatic heterocycles. The van der Waals surface area contributed by atoms with Crippen LogP contribution in [0.15, 0.2) is 35.1 Å². The van der Waals surface area contributed by atoms with Crippen LogP contribution in [0.4, 0.5) is 11.6 Å². The van der Waals surface area contributed by atoms with E-state index in [0.717, 1.165) is 48.2 Å². The molecule has 0 bridgehead atoms. The number of ether oxygens (including phenoxy) is 2. The molecule has 1 aliphatic rings. The summed E-state index contributed by atoms with van der Waals surface area (Å²) < 4.78 is 12.0. The van der Waals surface area contributed by atoms with Gasteiger partial charge < -0.3 is 19.3 Å². The van der Waals surface area contributed by atoms with Gasteiger partial charge >= 0.3 is 0 Å². The maximum absolute atomic E-state index is 5.96. The maximum Gasteiger partial charge on any atom is 0.173 e. The van der Waals surface area contributed by atoms with Gasteiger partial charge in [0.2, 0.25) is 0 Å². The van der Waals surface area contributed by atoms with Crippen LogP contribution in [0.3, 0.4) is 0 Å². The van der Waals surface area contributed by atoms with E-state index in [1.54, 1.807) is 13.3 Å². The third-order valence-electron chi connectivity index (χ3n) is 4.72. The Hall–Kier alpha value is -1.64. The van der Waals surface area contributed by atoms with E-state index in [9.17, 15) is 0 Å². The summed E-state index contributed by atoms with van der Waals surface area (Å²) in [4.78, 5) is 13.8. The minimum absolute atomic E-state index is 0.560. The van der Waals surface area contributed by atoms with E-state index in [-0.39, 0.29) is 0 Å². The first-order chi connectivity index (χ1) is 13.4. The molecule has 0 N–H and O–H groups in total. The fraction of sp³-hybridized carbons (Fsp3) is 0.500. The summed E-state index contributed by atoms with van der Waals surface area (Å²) in [5, 5.41) is 0. The average molecular weight is 465 g/mol. The molecule has 8 heteroatoms. The first-order valence-electron chi connectivity index (χ1n) is 9.59. The molecule has 2 heterocycles. The SMILES string of the molecule is COc1ccc(CN2CCN(COCC[Si](C)(C)C)c3ncc(Br)nc32)cc1. The van der Waals surface area contributed by atoms with Crippen LogP contribution < -0.4 is 14.5 Å². The Bertz CT molecular complexity index is 783. The standard InChI is InChI=1S/C20H29BrN4O2Si/c1-26-17-7-5-16(6-8-17)14-24-9-10-25(15-27-11-12-28(2,3)4)19-20(24)23-18(21)13-22-19/h5-8,13H,9-12,14-15H2,1-4H3. The molecule has 0 aliphatic carbocycles. The highest BCUT2D eigenvalue weighted by atomic mass is 79.9. The highest BCUT2D eigenvalue weighted by Crippen LogP contribution is 2.31. The molecule has 0 saturated heterocycles. The zero-order chi connectivity index (χ0) is 20.1. The number of halogens is 1. The van der Waals surface area contributed by atoms with Gasteiger partial charge in [0.05, 0.1) is 13.3 Å². The quantitative estimate of drug-likeness (QED) is 0.426. The number of nitrogens with zero attached hydrogens (tertiary/aromatic N) is 4. The summed E-state index contributed by atoms with van der Waals surface area (Å²) in [6, 6.07) is 9.34. The second-order valence-corrected chi connectivity index (χ2v) is 14.7. The van der Waals surface area contributed by atoms with Crippen molar-refractivity contribution in [1.29, 1.82) is 0 Å². The molecule has 2 aromatic rings. The second-order valence-electron chi connectivity index (χ2n) is 8.22. The number of hydrogen-bond acceptors (Lipinski definition) is 6. The zero-order valence-electron chi connectivity index (χ0n) is 17.1. The first-order valence-corrected chi connectivity index (χ1v) is 14.1. The van der Waals surface area contributed by atoms with Crippen LogP contribution in [0, 0.1) is 0 Å². The van der Waals surface area contributed by atoms with Crippen molar-refractivity contribution in [1.82, 2.24) is 9.97 Å². The molecule has 0 amide bonds. The van der Waals surface area contributed by atoms with Crippen molar-refractivity contribution in [3.05, 3.63) is 40.6 Å². The smallest absolute Gasteiger partial charge is 0.173 e. The maximum atomic E-state index is 5.96. The zero-order valence-corrected chi connectivity index (χ0v) is 19.7. The molecule has 28 heavy (non-hydrogen) atoms. The molecule has 0 atom stereocenters. The van der Waals surface area contributed by atoms with Gasteiger partial charge in [0.25, 0.3) is 0 Å². The molecule has 0 saturated carbocycles. The Kier molecular flexibility index (Phi) is 6.95. The lowest BCUT2D eigenvalue weighted by molar-refractivity contribution is 0.145. The van der Waals surface area contributed by atoms with Crippen molar-refractivity contribution in [3.63, 3.8) is 0 Å². The number of rotatable bonds is 8. The predicted octanol–water partition coefficient (Wildman–Crippen LogP) is 4.39. The first kappa shape index (κ1) is 21.1. The monoisotopic (exact) mass is 464 g/mol. The molecule has 3 rings (SSSR count). The van der Waals surface area contributed by atoms with E-state index in [4.69, 9.17) is 14.5 Å². The molecule has 0 fully saturated rings. The van der Waals surface area contributed by atoms with Crippen LogP contribution in [-0.2, 0) is 11.3 Å². The third kappa shape index (κ3) is 5.68. The number of methoxy groups -OCH3 is 1. The van der Waals surface area contributed by atoms with E-state index < -0.39 is 8.07 Å². The van der Waals surface area contributed by atoms with Crippen molar-refractivity contribution in [2.75, 3.05) is 43.3 Å². The predicted molar refractivity (Wildman–Crippen MR) is 120 cm³/mol. The summed E-state index contributed by atoms with van der Waals surface area (Å²) in [7, 11) is 0.605. The third-order valence-corrected chi connectivity index (χ3v) is 6.81. The highest BCUT2D eigenvalue weighted by molar-refractivity contribution is 9.10. The van der Waals surface area contributed by atoms with Gasteiger partial charge in [-0.2, -0.15) is 0 Å². The van der Waals surface area contributed by atoms with Crippen LogP contribution >= 0.6 is 15.9 Å². The Morgan fingerprint density at radius 3 is 2.46 bits per heavy atom. The van der Waals surface area contributed by atoms with Crippen molar-refractivity contribution < 1.29 is 9.47 Å². The molecule has 0 spiro atoms. The van der Waals surface area contributed by atoms with Gasteiger partial charge in [-0.1, -0.05) is 31.8 Å². The Labute approximate surface area is 177 Å². The molecule has 152 valence electrons. The van der Waals surface area contributed by atoms with E-state index in [2.05, 4.69) is 62.5 Å². The van der Waals surface area contributed by atoms with Gasteiger partial charge in [-0.3, -0.25) is 0 Å². The summed E-state index contributed by atoms with van der Waals surface area (Å²) in [6.45, 7) is 11.0. The fourth-order valence-corrected chi connectivity index (χ4v) is 4.05. The van der Waals surface area contributed by atoms with Crippen LogP contribution in [0.5, 0.6) is 5.75 Å². The van der Waals surface area contributed by atoms with Crippen molar-refractivity contribution in [3.8, 4) is 5.75 Å². The number of fused-ring (bicyclic) bond motifs is 1. The lowest BCUT2D eigenvalue weighted by Gasteiger charge is -2.36. The number of benzene rings is 1. The number of hydrogen-bond donors (Lipinski definition) is 0. The molecular formula is C20H29BrN4O2Si. The Balaban J connectivity index is 1.69. The summed E-state index contributed by atoms with van der Waals surface area (Å²) >= 11 is 3.47. The summed E-state index contributed by atoms with van der Waals surface area (Å²) in [6.07, 6.45) is 1.75. The highest BCUT2D eigenvalue weighted by Gasteiger charge is 2.26. The van der Waals surface area contributed by atoms with E-state index in [1.165, 1.54) is 11.6 Å². The molecule has 6 nitrogen and oxygen atoms in total. The van der Waals surface area contributed by atoms with Crippen molar-refractivity contribution >= 4 is 35.6 Å². The largest absolute Gasteiger partial charge is 0.497 e. The van der Waals surface area contributed by atoms with E-state index in [0.29, 0.717) is 6.73 Å². The molecular weight excluding hydrogens is 436 g/mol. The minimum atomic E-state index is -1.08. The van der Waals surface area contributed by atoms with E-state index >= 15 is 0 Å². The van der Waals surface area contributed by atoms with Gasteiger partial charge in [-0.25, -0.2) is 9.97 Å². The van der Waals surface area contributed by atoms with Crippen LogP contribution in [-0.4, -0.2) is 51.6 Å².